The number of rotatable bonds is 7. The predicted molar refractivity (Wildman–Crippen MR) is 140 cm³/mol. The van der Waals surface area contributed by atoms with E-state index in [2.05, 4.69) is 20.1 Å². The maximum Gasteiger partial charge on any atom is 0.203 e. The van der Waals surface area contributed by atoms with Crippen molar-refractivity contribution in [2.24, 2.45) is 4.99 Å². The van der Waals surface area contributed by atoms with Crippen LogP contribution in [-0.2, 0) is 13.1 Å². The van der Waals surface area contributed by atoms with Crippen molar-refractivity contribution < 1.29 is 18.6 Å². The average Bonchev–Trinajstić information content (AvgIpc) is 2.81. The highest BCUT2D eigenvalue weighted by Gasteiger charge is 2.21. The summed E-state index contributed by atoms with van der Waals surface area (Å²) < 4.78 is 29.9. The molecule has 0 saturated carbocycles. The summed E-state index contributed by atoms with van der Waals surface area (Å²) in [6, 6.07) is 9.18. The molecule has 1 N–H and O–H groups in total. The number of ether oxygens (including phenoxy) is 3. The van der Waals surface area contributed by atoms with Gasteiger partial charge >= 0.3 is 0 Å². The smallest absolute Gasteiger partial charge is 0.203 e. The van der Waals surface area contributed by atoms with Gasteiger partial charge in [0.25, 0.3) is 0 Å². The minimum Gasteiger partial charge on any atom is -0.493 e. The van der Waals surface area contributed by atoms with Crippen molar-refractivity contribution >= 4 is 29.9 Å². The normalized spacial score (nSPS) is 14.5. The van der Waals surface area contributed by atoms with E-state index in [0.29, 0.717) is 29.4 Å². The number of halogens is 2. The second-order valence-corrected chi connectivity index (χ2v) is 7.78. The minimum atomic E-state index is -0.179. The minimum absolute atomic E-state index is 0. The number of aryl methyl sites for hydroxylation is 1. The van der Waals surface area contributed by atoms with E-state index in [1.165, 1.54) is 6.07 Å². The number of benzene rings is 2. The topological polar surface area (TPSA) is 58.6 Å². The van der Waals surface area contributed by atoms with Crippen LogP contribution in [-0.4, -0.2) is 70.3 Å². The van der Waals surface area contributed by atoms with E-state index < -0.39 is 0 Å². The van der Waals surface area contributed by atoms with Gasteiger partial charge in [-0.1, -0.05) is 12.1 Å². The molecule has 1 aliphatic rings. The van der Waals surface area contributed by atoms with Crippen molar-refractivity contribution in [3.05, 3.63) is 52.8 Å². The Hall–Kier alpha value is -2.27. The van der Waals surface area contributed by atoms with Gasteiger partial charge in [-0.2, -0.15) is 0 Å². The lowest BCUT2D eigenvalue weighted by atomic mass is 10.1. The van der Waals surface area contributed by atoms with Gasteiger partial charge in [-0.15, -0.1) is 24.0 Å². The highest BCUT2D eigenvalue weighted by atomic mass is 127. The molecule has 1 saturated heterocycles. The zero-order chi connectivity index (χ0) is 23.1. The molecule has 0 amide bonds. The molecule has 9 heteroatoms. The molecular weight excluding hydrogens is 538 g/mol. The third-order valence-electron chi connectivity index (χ3n) is 5.69. The molecule has 1 heterocycles. The van der Waals surface area contributed by atoms with Gasteiger partial charge in [-0.25, -0.2) is 4.39 Å². The van der Waals surface area contributed by atoms with E-state index >= 15 is 0 Å². The second kappa shape index (κ2) is 12.8. The van der Waals surface area contributed by atoms with Crippen molar-refractivity contribution in [2.45, 2.75) is 20.0 Å². The summed E-state index contributed by atoms with van der Waals surface area (Å²) >= 11 is 0. The summed E-state index contributed by atoms with van der Waals surface area (Å²) in [5.41, 5.74) is 2.80. The van der Waals surface area contributed by atoms with E-state index in [0.717, 1.165) is 49.8 Å². The number of guanidine groups is 1. The lowest BCUT2D eigenvalue weighted by Gasteiger charge is -2.36. The Morgan fingerprint density at radius 2 is 1.61 bits per heavy atom. The molecule has 0 radical (unpaired) electrons. The maximum absolute atomic E-state index is 13.5. The number of hydrogen-bond acceptors (Lipinski definition) is 5. The molecule has 1 aliphatic heterocycles. The second-order valence-electron chi connectivity index (χ2n) is 7.78. The van der Waals surface area contributed by atoms with E-state index in [4.69, 9.17) is 14.2 Å². The van der Waals surface area contributed by atoms with Gasteiger partial charge in [-0.05, 0) is 41.8 Å². The fourth-order valence-corrected chi connectivity index (χ4v) is 3.93. The van der Waals surface area contributed by atoms with Crippen molar-refractivity contribution in [1.82, 2.24) is 15.1 Å². The third-order valence-corrected chi connectivity index (χ3v) is 5.69. The fraction of sp³-hybridized carbons (Fsp3) is 0.458. The Balaban J connectivity index is 0.00000385. The van der Waals surface area contributed by atoms with Crippen molar-refractivity contribution in [3.63, 3.8) is 0 Å². The monoisotopic (exact) mass is 572 g/mol. The summed E-state index contributed by atoms with van der Waals surface area (Å²) in [7, 11) is 6.66. The van der Waals surface area contributed by atoms with Crippen molar-refractivity contribution in [1.29, 1.82) is 0 Å². The lowest BCUT2D eigenvalue weighted by Crippen LogP contribution is -2.52. The van der Waals surface area contributed by atoms with Gasteiger partial charge in [0.1, 0.15) is 5.82 Å². The van der Waals surface area contributed by atoms with Crippen LogP contribution in [0.15, 0.2) is 35.3 Å². The maximum atomic E-state index is 13.5. The first kappa shape index (κ1) is 27.0. The van der Waals surface area contributed by atoms with Crippen LogP contribution in [0.3, 0.4) is 0 Å². The van der Waals surface area contributed by atoms with Crippen LogP contribution in [0, 0.1) is 12.7 Å². The molecule has 1 fully saturated rings. The Labute approximate surface area is 212 Å². The highest BCUT2D eigenvalue weighted by Crippen LogP contribution is 2.38. The van der Waals surface area contributed by atoms with Gasteiger partial charge in [0.05, 0.1) is 21.3 Å². The molecular formula is C24H34FIN4O3. The first-order chi connectivity index (χ1) is 15.5. The van der Waals surface area contributed by atoms with Crippen LogP contribution in [0.4, 0.5) is 4.39 Å². The summed E-state index contributed by atoms with van der Waals surface area (Å²) in [6.45, 7) is 6.74. The number of aliphatic imine (C=N–C) groups is 1. The molecule has 0 bridgehead atoms. The van der Waals surface area contributed by atoms with Crippen LogP contribution in [0.1, 0.15) is 16.7 Å². The van der Waals surface area contributed by atoms with Crippen LogP contribution < -0.4 is 19.5 Å². The van der Waals surface area contributed by atoms with E-state index in [9.17, 15) is 4.39 Å². The average molecular weight is 572 g/mol. The Morgan fingerprint density at radius 3 is 2.12 bits per heavy atom. The predicted octanol–water partition coefficient (Wildman–Crippen LogP) is 3.67. The van der Waals surface area contributed by atoms with Crippen molar-refractivity contribution in [3.8, 4) is 17.2 Å². The molecule has 7 nitrogen and oxygen atoms in total. The van der Waals surface area contributed by atoms with Crippen LogP contribution in [0.5, 0.6) is 17.2 Å². The molecule has 0 spiro atoms. The summed E-state index contributed by atoms with van der Waals surface area (Å²) in [5.74, 6) is 2.62. The fourth-order valence-electron chi connectivity index (χ4n) is 3.93. The van der Waals surface area contributed by atoms with Crippen LogP contribution >= 0.6 is 24.0 Å². The van der Waals surface area contributed by atoms with Crippen LogP contribution in [0.25, 0.3) is 0 Å². The Bertz CT molecular complexity index is 924. The van der Waals surface area contributed by atoms with E-state index in [-0.39, 0.29) is 29.8 Å². The van der Waals surface area contributed by atoms with E-state index in [1.54, 1.807) is 41.4 Å². The number of hydrogen-bond donors (Lipinski definition) is 1. The van der Waals surface area contributed by atoms with Gasteiger partial charge in [-0.3, -0.25) is 9.89 Å². The molecule has 182 valence electrons. The Kier molecular flexibility index (Phi) is 10.5. The van der Waals surface area contributed by atoms with Crippen LogP contribution in [0.2, 0.25) is 0 Å². The standard InChI is InChI=1S/C24H33FN4O3.HI/c1-17-12-18(6-7-20(17)25)15-27-24(26-2)29-10-8-28(9-11-29)16-19-13-21(30-3)23(32-5)22(14-19)31-4;/h6-7,12-14H,8-11,15-16H2,1-5H3,(H,26,27);1H. The molecule has 2 aromatic carbocycles. The molecule has 2 aromatic rings. The third kappa shape index (κ3) is 6.86. The highest BCUT2D eigenvalue weighted by molar-refractivity contribution is 14.0. The molecule has 0 aromatic heterocycles. The van der Waals surface area contributed by atoms with Gasteiger partial charge in [0.2, 0.25) is 5.75 Å². The van der Waals surface area contributed by atoms with Crippen molar-refractivity contribution in [2.75, 3.05) is 54.6 Å². The quantitative estimate of drug-likeness (QED) is 0.311. The van der Waals surface area contributed by atoms with E-state index in [1.807, 2.05) is 18.2 Å². The first-order valence-electron chi connectivity index (χ1n) is 10.7. The molecule has 33 heavy (non-hydrogen) atoms. The number of piperazine rings is 1. The van der Waals surface area contributed by atoms with Gasteiger partial charge in [0, 0.05) is 46.3 Å². The number of nitrogens with one attached hydrogen (secondary N) is 1. The number of nitrogens with zero attached hydrogens (tertiary/aromatic N) is 3. The Morgan fingerprint density at radius 1 is 0.970 bits per heavy atom. The summed E-state index contributed by atoms with van der Waals surface area (Å²) in [5, 5.41) is 3.40. The van der Waals surface area contributed by atoms with Gasteiger partial charge in [0.15, 0.2) is 17.5 Å². The molecule has 0 aliphatic carbocycles. The SMILES string of the molecule is CN=C(NCc1ccc(F)c(C)c1)N1CCN(Cc2cc(OC)c(OC)c(OC)c2)CC1.I. The zero-order valence-corrected chi connectivity index (χ0v) is 22.3. The first-order valence-corrected chi connectivity index (χ1v) is 10.7. The summed E-state index contributed by atoms with van der Waals surface area (Å²) in [6.07, 6.45) is 0. The lowest BCUT2D eigenvalue weighted by molar-refractivity contribution is 0.172. The summed E-state index contributed by atoms with van der Waals surface area (Å²) in [4.78, 5) is 9.08. The number of methoxy groups -OCH3 is 3. The molecule has 0 unspecified atom stereocenters. The molecule has 0 atom stereocenters. The zero-order valence-electron chi connectivity index (χ0n) is 20.0. The largest absolute Gasteiger partial charge is 0.493 e. The molecule has 3 rings (SSSR count). The van der Waals surface area contributed by atoms with Gasteiger partial charge < -0.3 is 24.4 Å².